The first kappa shape index (κ1) is 30.4. The van der Waals surface area contributed by atoms with Gasteiger partial charge in [-0.05, 0) is 80.4 Å². The molecule has 41 heavy (non-hydrogen) atoms. The highest BCUT2D eigenvalue weighted by Crippen LogP contribution is 2.27. The number of hydrazone groups is 1. The van der Waals surface area contributed by atoms with Crippen molar-refractivity contribution in [2.45, 2.75) is 27.2 Å². The lowest BCUT2D eigenvalue weighted by molar-refractivity contribution is -0.126. The Morgan fingerprint density at radius 2 is 1.61 bits per heavy atom. The van der Waals surface area contributed by atoms with Crippen LogP contribution in [0.1, 0.15) is 40.4 Å². The van der Waals surface area contributed by atoms with Gasteiger partial charge in [-0.25, -0.2) is 10.2 Å². The van der Waals surface area contributed by atoms with E-state index < -0.39 is 30.1 Å². The van der Waals surface area contributed by atoms with Crippen molar-refractivity contribution >= 4 is 41.3 Å². The lowest BCUT2D eigenvalue weighted by atomic mass is 10.1. The third kappa shape index (κ3) is 9.50. The van der Waals surface area contributed by atoms with Crippen molar-refractivity contribution < 1.29 is 33.4 Å². The first-order valence-electron chi connectivity index (χ1n) is 12.8. The number of methoxy groups -OCH3 is 1. The molecule has 0 aliphatic carbocycles. The van der Waals surface area contributed by atoms with E-state index in [9.17, 15) is 19.2 Å². The number of carbonyl (C=O) groups is 4. The second kappa shape index (κ2) is 14.8. The SMILES string of the molecule is CCOC(=O)c1ccc(NC(=O)COc2ccc(C=NNC(=O)CC(=O)Nc3ccc(C)cc3C)cc2OC)cc1. The zero-order chi connectivity index (χ0) is 29.8. The summed E-state index contributed by atoms with van der Waals surface area (Å²) >= 11 is 0. The van der Waals surface area contributed by atoms with Crippen LogP contribution in [0.15, 0.2) is 65.8 Å². The molecule has 0 spiro atoms. The van der Waals surface area contributed by atoms with Crippen molar-refractivity contribution in [2.24, 2.45) is 5.10 Å². The zero-order valence-corrected chi connectivity index (χ0v) is 23.3. The maximum absolute atomic E-state index is 12.3. The highest BCUT2D eigenvalue weighted by molar-refractivity contribution is 6.04. The van der Waals surface area contributed by atoms with Gasteiger partial charge in [0, 0.05) is 11.4 Å². The van der Waals surface area contributed by atoms with Crippen LogP contribution in [-0.4, -0.2) is 50.2 Å². The molecule has 0 atom stereocenters. The molecule has 0 aliphatic heterocycles. The molecule has 0 saturated carbocycles. The minimum Gasteiger partial charge on any atom is -0.493 e. The number of carbonyl (C=O) groups excluding carboxylic acids is 4. The molecule has 0 unspecified atom stereocenters. The van der Waals surface area contributed by atoms with Crippen molar-refractivity contribution in [3.63, 3.8) is 0 Å². The monoisotopic (exact) mass is 560 g/mol. The summed E-state index contributed by atoms with van der Waals surface area (Å²) in [6, 6.07) is 16.8. The van der Waals surface area contributed by atoms with Gasteiger partial charge in [-0.2, -0.15) is 5.10 Å². The summed E-state index contributed by atoms with van der Waals surface area (Å²) in [5.74, 6) is -1.20. The summed E-state index contributed by atoms with van der Waals surface area (Å²) in [6.45, 7) is 5.54. The molecule has 0 aromatic heterocycles. The maximum Gasteiger partial charge on any atom is 0.338 e. The number of rotatable bonds is 12. The van der Waals surface area contributed by atoms with Crippen LogP contribution in [0.4, 0.5) is 11.4 Å². The molecule has 0 saturated heterocycles. The van der Waals surface area contributed by atoms with Gasteiger partial charge in [0.25, 0.3) is 5.91 Å². The van der Waals surface area contributed by atoms with E-state index in [4.69, 9.17) is 14.2 Å². The molecule has 0 aliphatic rings. The zero-order valence-electron chi connectivity index (χ0n) is 23.3. The van der Waals surface area contributed by atoms with Crippen LogP contribution in [0.25, 0.3) is 0 Å². The van der Waals surface area contributed by atoms with Crippen molar-refractivity contribution in [2.75, 3.05) is 31.0 Å². The number of nitrogens with one attached hydrogen (secondary N) is 3. The summed E-state index contributed by atoms with van der Waals surface area (Å²) in [7, 11) is 1.45. The van der Waals surface area contributed by atoms with Crippen LogP contribution in [0.2, 0.25) is 0 Å². The number of hydrogen-bond acceptors (Lipinski definition) is 8. The van der Waals surface area contributed by atoms with Gasteiger partial charge in [0.15, 0.2) is 18.1 Å². The predicted molar refractivity (Wildman–Crippen MR) is 154 cm³/mol. The van der Waals surface area contributed by atoms with Crippen LogP contribution in [-0.2, 0) is 19.1 Å². The van der Waals surface area contributed by atoms with Gasteiger partial charge in [0.2, 0.25) is 11.8 Å². The molecule has 0 fully saturated rings. The minimum absolute atomic E-state index is 0.275. The van der Waals surface area contributed by atoms with E-state index in [0.29, 0.717) is 34.0 Å². The minimum atomic E-state index is -0.572. The smallest absolute Gasteiger partial charge is 0.338 e. The van der Waals surface area contributed by atoms with Crippen LogP contribution in [0, 0.1) is 13.8 Å². The molecular formula is C30H32N4O7. The van der Waals surface area contributed by atoms with E-state index in [-0.39, 0.29) is 13.2 Å². The highest BCUT2D eigenvalue weighted by Gasteiger charge is 2.12. The molecule has 0 heterocycles. The molecule has 3 rings (SSSR count). The molecule has 0 bridgehead atoms. The van der Waals surface area contributed by atoms with E-state index >= 15 is 0 Å². The van der Waals surface area contributed by atoms with E-state index in [1.54, 1.807) is 55.5 Å². The average molecular weight is 561 g/mol. The fourth-order valence-corrected chi connectivity index (χ4v) is 3.64. The second-order valence-corrected chi connectivity index (χ2v) is 8.88. The summed E-state index contributed by atoms with van der Waals surface area (Å²) in [6.07, 6.45) is 0.997. The predicted octanol–water partition coefficient (Wildman–Crippen LogP) is 3.99. The fraction of sp³-hybridized carbons (Fsp3) is 0.233. The summed E-state index contributed by atoms with van der Waals surface area (Å²) < 4.78 is 15.9. The van der Waals surface area contributed by atoms with Gasteiger partial charge in [0.1, 0.15) is 6.42 Å². The Bertz CT molecular complexity index is 1440. The van der Waals surface area contributed by atoms with Gasteiger partial charge >= 0.3 is 5.97 Å². The number of anilines is 2. The molecule has 3 amide bonds. The Morgan fingerprint density at radius 1 is 0.854 bits per heavy atom. The van der Waals surface area contributed by atoms with E-state index in [0.717, 1.165) is 11.1 Å². The standard InChI is InChI=1S/C30H32N4O7/c1-5-40-30(38)22-8-10-23(11-9-22)32-29(37)18-41-25-13-7-21(15-26(25)39-4)17-31-34-28(36)16-27(35)33-24-12-6-19(2)14-20(24)3/h6-15,17H,5,16,18H2,1-4H3,(H,32,37)(H,33,35)(H,34,36). The normalized spacial score (nSPS) is 10.5. The van der Waals surface area contributed by atoms with Gasteiger partial charge in [0.05, 0.1) is 25.5 Å². The van der Waals surface area contributed by atoms with Gasteiger partial charge < -0.3 is 24.8 Å². The molecular weight excluding hydrogens is 528 g/mol. The van der Waals surface area contributed by atoms with E-state index in [1.807, 2.05) is 26.0 Å². The van der Waals surface area contributed by atoms with Crippen LogP contribution in [0.3, 0.4) is 0 Å². The third-order valence-corrected chi connectivity index (χ3v) is 5.61. The lowest BCUT2D eigenvalue weighted by Crippen LogP contribution is -2.24. The molecule has 3 aromatic rings. The fourth-order valence-electron chi connectivity index (χ4n) is 3.64. The van der Waals surface area contributed by atoms with Crippen LogP contribution in [0.5, 0.6) is 11.5 Å². The number of benzene rings is 3. The Kier molecular flexibility index (Phi) is 11.0. The highest BCUT2D eigenvalue weighted by atomic mass is 16.5. The Hall–Kier alpha value is -5.19. The molecule has 11 heteroatoms. The first-order valence-corrected chi connectivity index (χ1v) is 12.8. The third-order valence-electron chi connectivity index (χ3n) is 5.61. The maximum atomic E-state index is 12.3. The Morgan fingerprint density at radius 3 is 2.29 bits per heavy atom. The first-order chi connectivity index (χ1) is 19.7. The number of ether oxygens (including phenoxy) is 3. The van der Waals surface area contributed by atoms with Crippen molar-refractivity contribution in [1.82, 2.24) is 5.43 Å². The summed E-state index contributed by atoms with van der Waals surface area (Å²) in [5.41, 5.74) is 6.41. The van der Waals surface area contributed by atoms with Crippen molar-refractivity contribution in [3.05, 3.63) is 82.9 Å². The van der Waals surface area contributed by atoms with Crippen molar-refractivity contribution in [3.8, 4) is 11.5 Å². The van der Waals surface area contributed by atoms with Gasteiger partial charge in [-0.15, -0.1) is 0 Å². The Balaban J connectivity index is 1.47. The van der Waals surface area contributed by atoms with Crippen LogP contribution < -0.4 is 25.5 Å². The molecule has 3 aromatic carbocycles. The topological polar surface area (TPSA) is 144 Å². The van der Waals surface area contributed by atoms with E-state index in [1.165, 1.54) is 13.3 Å². The second-order valence-electron chi connectivity index (χ2n) is 8.88. The van der Waals surface area contributed by atoms with E-state index in [2.05, 4.69) is 21.2 Å². The van der Waals surface area contributed by atoms with Gasteiger partial charge in [-0.1, -0.05) is 17.7 Å². The molecule has 214 valence electrons. The summed E-state index contributed by atoms with van der Waals surface area (Å²) in [5, 5.41) is 9.29. The quantitative estimate of drug-likeness (QED) is 0.131. The number of aryl methyl sites for hydroxylation is 2. The largest absolute Gasteiger partial charge is 0.493 e. The molecule has 0 radical (unpaired) electrons. The number of hydrogen-bond donors (Lipinski definition) is 3. The Labute approximate surface area is 237 Å². The average Bonchev–Trinajstić information content (AvgIpc) is 2.94. The number of esters is 1. The molecule has 11 nitrogen and oxygen atoms in total. The number of amides is 3. The van der Waals surface area contributed by atoms with Crippen molar-refractivity contribution in [1.29, 1.82) is 0 Å². The van der Waals surface area contributed by atoms with Gasteiger partial charge in [-0.3, -0.25) is 14.4 Å². The summed E-state index contributed by atoms with van der Waals surface area (Å²) in [4.78, 5) is 48.4. The number of nitrogens with zero attached hydrogens (tertiary/aromatic N) is 1. The molecule has 3 N–H and O–H groups in total. The van der Waals surface area contributed by atoms with Crippen LogP contribution >= 0.6 is 0 Å². The lowest BCUT2D eigenvalue weighted by Gasteiger charge is -2.12.